The smallest absolute Gasteiger partial charge is 0.00124 e. The predicted octanol–water partition coefficient (Wildman–Crippen LogP) is 9.97. The molecule has 0 radical (unpaired) electrons. The molecule has 2 aromatic rings. The zero-order valence-corrected chi connectivity index (χ0v) is 20.8. The quantitative estimate of drug-likeness (QED) is 0.347. The summed E-state index contributed by atoms with van der Waals surface area (Å²) >= 11 is 0. The van der Waals surface area contributed by atoms with Crippen LogP contribution in [0.25, 0.3) is 11.1 Å². The second-order valence-corrected chi connectivity index (χ2v) is 11.0. The van der Waals surface area contributed by atoms with E-state index >= 15 is 0 Å². The fourth-order valence-corrected chi connectivity index (χ4v) is 7.26. The molecule has 0 N–H and O–H groups in total. The summed E-state index contributed by atoms with van der Waals surface area (Å²) in [5.41, 5.74) is 4.99. The molecule has 0 aliphatic heterocycles. The van der Waals surface area contributed by atoms with Crippen molar-refractivity contribution in [2.45, 2.75) is 109 Å². The second kappa shape index (κ2) is 11.5. The highest BCUT2D eigenvalue weighted by molar-refractivity contribution is 5.69. The standard InChI is InChI=1S/C32H46/c1-3-5-7-13-27-22-24-32(25-23-27,29-20-18-26(12-4-2)19-21-29)31-17-11-10-16-30(31)28-14-8-6-9-15-28/h6,8-11,14-17,26-27,29H,3-5,7,12-13,18-25H2,1-2H3. The van der Waals surface area contributed by atoms with Gasteiger partial charge in [-0.3, -0.25) is 0 Å². The van der Waals surface area contributed by atoms with Gasteiger partial charge in [0, 0.05) is 0 Å². The Kier molecular flexibility index (Phi) is 8.50. The SMILES string of the molecule is CCCCCC1CCC(c2ccccc2-c2ccccc2)(C2CCC(CCC)CC2)CC1. The number of hydrogen-bond acceptors (Lipinski definition) is 0. The van der Waals surface area contributed by atoms with Gasteiger partial charge in [-0.25, -0.2) is 0 Å². The predicted molar refractivity (Wildman–Crippen MR) is 140 cm³/mol. The lowest BCUT2D eigenvalue weighted by atomic mass is 9.55. The van der Waals surface area contributed by atoms with E-state index in [1.807, 2.05) is 0 Å². The van der Waals surface area contributed by atoms with Gasteiger partial charge in [0.1, 0.15) is 0 Å². The molecule has 32 heavy (non-hydrogen) atoms. The lowest BCUT2D eigenvalue weighted by Gasteiger charge is -2.49. The van der Waals surface area contributed by atoms with E-state index in [0.29, 0.717) is 5.41 Å². The number of hydrogen-bond donors (Lipinski definition) is 0. The molecule has 0 amide bonds. The van der Waals surface area contributed by atoms with E-state index in [-0.39, 0.29) is 0 Å². The number of unbranched alkanes of at least 4 members (excludes halogenated alkanes) is 2. The maximum atomic E-state index is 2.51. The van der Waals surface area contributed by atoms with Crippen molar-refractivity contribution in [2.24, 2.45) is 17.8 Å². The first-order valence-corrected chi connectivity index (χ1v) is 13.9. The molecule has 0 atom stereocenters. The fraction of sp³-hybridized carbons (Fsp3) is 0.625. The fourth-order valence-electron chi connectivity index (χ4n) is 7.26. The summed E-state index contributed by atoms with van der Waals surface area (Å²) in [7, 11) is 0. The van der Waals surface area contributed by atoms with Crippen molar-refractivity contribution < 1.29 is 0 Å². The van der Waals surface area contributed by atoms with Crippen LogP contribution in [0, 0.1) is 17.8 Å². The molecule has 0 bridgehead atoms. The molecule has 0 aromatic heterocycles. The second-order valence-electron chi connectivity index (χ2n) is 11.0. The minimum Gasteiger partial charge on any atom is -0.0654 e. The van der Waals surface area contributed by atoms with Crippen molar-refractivity contribution in [2.75, 3.05) is 0 Å². The molecule has 2 aromatic carbocycles. The number of benzene rings is 2. The third kappa shape index (κ3) is 5.32. The van der Waals surface area contributed by atoms with Crippen LogP contribution in [-0.4, -0.2) is 0 Å². The third-order valence-corrected chi connectivity index (χ3v) is 9.09. The van der Waals surface area contributed by atoms with Crippen LogP contribution in [0.4, 0.5) is 0 Å². The Morgan fingerprint density at radius 3 is 2.00 bits per heavy atom. The highest BCUT2D eigenvalue weighted by atomic mass is 14.5. The first kappa shape index (κ1) is 23.6. The Labute approximate surface area is 198 Å². The molecule has 4 rings (SSSR count). The lowest BCUT2D eigenvalue weighted by Crippen LogP contribution is -2.41. The average Bonchev–Trinajstić information content (AvgIpc) is 2.86. The van der Waals surface area contributed by atoms with Crippen molar-refractivity contribution >= 4 is 0 Å². The van der Waals surface area contributed by atoms with Crippen molar-refractivity contribution in [1.82, 2.24) is 0 Å². The maximum Gasteiger partial charge on any atom is -0.00124 e. The largest absolute Gasteiger partial charge is 0.0654 e. The molecule has 174 valence electrons. The van der Waals surface area contributed by atoms with Crippen LogP contribution in [0.2, 0.25) is 0 Å². The van der Waals surface area contributed by atoms with Gasteiger partial charge in [-0.05, 0) is 78.4 Å². The summed E-state index contributed by atoms with van der Waals surface area (Å²) in [6.45, 7) is 4.70. The molecule has 0 spiro atoms. The molecule has 0 saturated heterocycles. The van der Waals surface area contributed by atoms with Gasteiger partial charge in [-0.1, -0.05) is 120 Å². The molecule has 0 heterocycles. The summed E-state index contributed by atoms with van der Waals surface area (Å²) in [6.07, 6.45) is 20.0. The van der Waals surface area contributed by atoms with E-state index in [0.717, 1.165) is 17.8 Å². The van der Waals surface area contributed by atoms with E-state index < -0.39 is 0 Å². The molecule has 0 nitrogen and oxygen atoms in total. The Balaban J connectivity index is 1.62. The highest BCUT2D eigenvalue weighted by Crippen LogP contribution is 2.54. The van der Waals surface area contributed by atoms with E-state index in [4.69, 9.17) is 0 Å². The third-order valence-electron chi connectivity index (χ3n) is 9.09. The van der Waals surface area contributed by atoms with Crippen molar-refractivity contribution in [3.05, 3.63) is 60.2 Å². The van der Waals surface area contributed by atoms with Crippen LogP contribution in [0.15, 0.2) is 54.6 Å². The van der Waals surface area contributed by atoms with Gasteiger partial charge in [-0.15, -0.1) is 0 Å². The van der Waals surface area contributed by atoms with Gasteiger partial charge in [0.25, 0.3) is 0 Å². The molecule has 2 saturated carbocycles. The Bertz CT molecular complexity index is 788. The molecule has 2 fully saturated rings. The molecule has 0 unspecified atom stereocenters. The number of rotatable bonds is 9. The average molecular weight is 431 g/mol. The van der Waals surface area contributed by atoms with Gasteiger partial charge in [-0.2, -0.15) is 0 Å². The van der Waals surface area contributed by atoms with Gasteiger partial charge < -0.3 is 0 Å². The molecular formula is C32H46. The Hall–Kier alpha value is -1.56. The first-order valence-electron chi connectivity index (χ1n) is 13.9. The Morgan fingerprint density at radius 1 is 0.656 bits per heavy atom. The molecular weight excluding hydrogens is 384 g/mol. The zero-order valence-electron chi connectivity index (χ0n) is 20.8. The van der Waals surface area contributed by atoms with Crippen LogP contribution in [0.5, 0.6) is 0 Å². The van der Waals surface area contributed by atoms with E-state index in [2.05, 4.69) is 68.4 Å². The summed E-state index contributed by atoms with van der Waals surface area (Å²) in [5.74, 6) is 2.83. The van der Waals surface area contributed by atoms with E-state index in [9.17, 15) is 0 Å². The van der Waals surface area contributed by atoms with Crippen molar-refractivity contribution in [1.29, 1.82) is 0 Å². The van der Waals surface area contributed by atoms with Gasteiger partial charge in [0.05, 0.1) is 0 Å². The minimum absolute atomic E-state index is 0.394. The van der Waals surface area contributed by atoms with Crippen molar-refractivity contribution in [3.63, 3.8) is 0 Å². The van der Waals surface area contributed by atoms with Gasteiger partial charge >= 0.3 is 0 Å². The van der Waals surface area contributed by atoms with Gasteiger partial charge in [0.15, 0.2) is 0 Å². The lowest BCUT2D eigenvalue weighted by molar-refractivity contribution is 0.103. The first-order chi connectivity index (χ1) is 15.8. The highest BCUT2D eigenvalue weighted by Gasteiger charge is 2.45. The molecule has 2 aliphatic rings. The van der Waals surface area contributed by atoms with Crippen molar-refractivity contribution in [3.8, 4) is 11.1 Å². The maximum absolute atomic E-state index is 2.51. The Morgan fingerprint density at radius 2 is 1.31 bits per heavy atom. The van der Waals surface area contributed by atoms with Crippen LogP contribution >= 0.6 is 0 Å². The van der Waals surface area contributed by atoms with Crippen LogP contribution < -0.4 is 0 Å². The summed E-state index contributed by atoms with van der Waals surface area (Å²) in [6, 6.07) is 20.7. The summed E-state index contributed by atoms with van der Waals surface area (Å²) in [4.78, 5) is 0. The summed E-state index contributed by atoms with van der Waals surface area (Å²) in [5, 5.41) is 0. The zero-order chi connectivity index (χ0) is 22.2. The minimum atomic E-state index is 0.394. The molecule has 0 heteroatoms. The van der Waals surface area contributed by atoms with Gasteiger partial charge in [0.2, 0.25) is 0 Å². The van der Waals surface area contributed by atoms with Crippen LogP contribution in [0.3, 0.4) is 0 Å². The van der Waals surface area contributed by atoms with E-state index in [1.165, 1.54) is 101 Å². The van der Waals surface area contributed by atoms with Crippen LogP contribution in [-0.2, 0) is 5.41 Å². The van der Waals surface area contributed by atoms with E-state index in [1.54, 1.807) is 5.56 Å². The normalized spacial score (nSPS) is 28.5. The van der Waals surface area contributed by atoms with Crippen LogP contribution in [0.1, 0.15) is 109 Å². The molecule has 2 aliphatic carbocycles. The topological polar surface area (TPSA) is 0 Å². The summed E-state index contributed by atoms with van der Waals surface area (Å²) < 4.78 is 0. The monoisotopic (exact) mass is 430 g/mol.